The fourth-order valence-electron chi connectivity index (χ4n) is 2.47. The molecule has 30 heavy (non-hydrogen) atoms. The number of ether oxygens (including phenoxy) is 4. The molecule has 0 saturated heterocycles. The van der Waals surface area contributed by atoms with Crippen molar-refractivity contribution in [3.05, 3.63) is 66.3 Å². The molecule has 2 aromatic carbocycles. The second kappa shape index (κ2) is 11.3. The number of rotatable bonds is 10. The molecule has 0 aliphatic heterocycles. The summed E-state index contributed by atoms with van der Waals surface area (Å²) in [5.74, 6) is 0.929. The monoisotopic (exact) mass is 411 g/mol. The molecule has 158 valence electrons. The van der Waals surface area contributed by atoms with Crippen LogP contribution in [0.1, 0.15) is 11.1 Å². The summed E-state index contributed by atoms with van der Waals surface area (Å²) in [5.41, 5.74) is 2.22. The number of methoxy groups -OCH3 is 2. The predicted octanol–water partition coefficient (Wildman–Crippen LogP) is 3.77. The smallest absolute Gasteiger partial charge is 0.343 e. The number of carbonyl (C=O) groups excluding carboxylic acids is 2. The Morgan fingerprint density at radius 1 is 1.07 bits per heavy atom. The molecule has 1 amide bonds. The Bertz CT molecular complexity index is 935. The van der Waals surface area contributed by atoms with E-state index in [0.717, 1.165) is 11.1 Å². The third-order valence-corrected chi connectivity index (χ3v) is 4.01. The minimum atomic E-state index is -0.466. The highest BCUT2D eigenvalue weighted by Gasteiger charge is 2.07. The van der Waals surface area contributed by atoms with Crippen LogP contribution in [0.4, 0.5) is 5.69 Å². The Balaban J connectivity index is 2.00. The van der Waals surface area contributed by atoms with Crippen molar-refractivity contribution < 1.29 is 28.5 Å². The van der Waals surface area contributed by atoms with Crippen molar-refractivity contribution in [2.24, 2.45) is 0 Å². The Morgan fingerprint density at radius 3 is 2.53 bits per heavy atom. The van der Waals surface area contributed by atoms with E-state index >= 15 is 0 Å². The van der Waals surface area contributed by atoms with E-state index in [2.05, 4.69) is 16.6 Å². The van der Waals surface area contributed by atoms with Gasteiger partial charge in [0.05, 0.1) is 14.2 Å². The summed E-state index contributed by atoms with van der Waals surface area (Å²) in [6.45, 7) is 5.65. The maximum absolute atomic E-state index is 12.3. The quantitative estimate of drug-likeness (QED) is 0.364. The zero-order valence-corrected chi connectivity index (χ0v) is 17.3. The number of benzene rings is 2. The summed E-state index contributed by atoms with van der Waals surface area (Å²) >= 11 is 0. The number of hydrogen-bond acceptors (Lipinski definition) is 6. The summed E-state index contributed by atoms with van der Waals surface area (Å²) in [7, 11) is 2.85. The van der Waals surface area contributed by atoms with E-state index < -0.39 is 5.97 Å². The third-order valence-electron chi connectivity index (χ3n) is 4.01. The van der Waals surface area contributed by atoms with Crippen molar-refractivity contribution in [1.29, 1.82) is 0 Å². The van der Waals surface area contributed by atoms with Gasteiger partial charge in [0.25, 0.3) is 0 Å². The molecule has 0 unspecified atom stereocenters. The van der Waals surface area contributed by atoms with Crippen LogP contribution in [0.15, 0.2) is 55.1 Å². The van der Waals surface area contributed by atoms with Gasteiger partial charge in [-0.25, -0.2) is 4.79 Å². The van der Waals surface area contributed by atoms with Gasteiger partial charge in [0.1, 0.15) is 12.4 Å². The molecule has 0 heterocycles. The average Bonchev–Trinajstić information content (AvgIpc) is 2.76. The molecule has 0 saturated carbocycles. The van der Waals surface area contributed by atoms with E-state index in [0.29, 0.717) is 29.5 Å². The molecule has 2 aromatic rings. The SMILES string of the molecule is C=CCOc1ccc(C=CC(=O)Nc2ccc(OCC(=O)OC)cc2C)cc1OC. The van der Waals surface area contributed by atoms with Crippen LogP contribution in [0.25, 0.3) is 6.08 Å². The van der Waals surface area contributed by atoms with Gasteiger partial charge >= 0.3 is 5.97 Å². The molecule has 0 fully saturated rings. The molecule has 0 aromatic heterocycles. The van der Waals surface area contributed by atoms with E-state index in [9.17, 15) is 9.59 Å². The predicted molar refractivity (Wildman–Crippen MR) is 115 cm³/mol. The fraction of sp³-hybridized carbons (Fsp3) is 0.217. The van der Waals surface area contributed by atoms with E-state index in [1.807, 2.05) is 13.0 Å². The molecule has 0 aliphatic rings. The van der Waals surface area contributed by atoms with Crippen LogP contribution < -0.4 is 19.5 Å². The van der Waals surface area contributed by atoms with Gasteiger partial charge in [-0.1, -0.05) is 18.7 Å². The maximum Gasteiger partial charge on any atom is 0.343 e. The van der Waals surface area contributed by atoms with Crippen molar-refractivity contribution >= 4 is 23.6 Å². The first kappa shape index (κ1) is 22.5. The molecule has 0 atom stereocenters. The third kappa shape index (κ3) is 6.70. The number of amides is 1. The Hall–Kier alpha value is -3.74. The number of anilines is 1. The lowest BCUT2D eigenvalue weighted by Gasteiger charge is -2.10. The fourth-order valence-corrected chi connectivity index (χ4v) is 2.47. The van der Waals surface area contributed by atoms with Gasteiger partial charge in [-0.2, -0.15) is 0 Å². The van der Waals surface area contributed by atoms with Crippen molar-refractivity contribution in [2.75, 3.05) is 32.8 Å². The summed E-state index contributed by atoms with van der Waals surface area (Å²) in [4.78, 5) is 23.4. The van der Waals surface area contributed by atoms with Crippen molar-refractivity contribution in [1.82, 2.24) is 0 Å². The summed E-state index contributed by atoms with van der Waals surface area (Å²) < 4.78 is 20.7. The first-order valence-electron chi connectivity index (χ1n) is 9.18. The summed E-state index contributed by atoms with van der Waals surface area (Å²) in [6.07, 6.45) is 4.76. The van der Waals surface area contributed by atoms with Crippen LogP contribution >= 0.6 is 0 Å². The van der Waals surface area contributed by atoms with Gasteiger partial charge < -0.3 is 24.3 Å². The first-order valence-corrected chi connectivity index (χ1v) is 9.18. The Labute approximate surface area is 175 Å². The van der Waals surface area contributed by atoms with Crippen LogP contribution in [-0.4, -0.2) is 39.3 Å². The second-order valence-corrected chi connectivity index (χ2v) is 6.17. The topological polar surface area (TPSA) is 83.1 Å². The Morgan fingerprint density at radius 2 is 1.87 bits per heavy atom. The van der Waals surface area contributed by atoms with Gasteiger partial charge in [0, 0.05) is 11.8 Å². The highest BCUT2D eigenvalue weighted by Crippen LogP contribution is 2.28. The molecule has 0 aliphatic carbocycles. The zero-order valence-electron chi connectivity index (χ0n) is 17.3. The van der Waals surface area contributed by atoms with E-state index in [1.54, 1.807) is 49.6 Å². The van der Waals surface area contributed by atoms with Crippen LogP contribution in [0.2, 0.25) is 0 Å². The molecular weight excluding hydrogens is 386 g/mol. The number of esters is 1. The normalized spacial score (nSPS) is 10.4. The largest absolute Gasteiger partial charge is 0.493 e. The molecule has 0 spiro atoms. The molecule has 1 N–H and O–H groups in total. The minimum absolute atomic E-state index is 0.175. The van der Waals surface area contributed by atoms with Crippen molar-refractivity contribution in [3.8, 4) is 17.2 Å². The highest BCUT2D eigenvalue weighted by atomic mass is 16.6. The van der Waals surface area contributed by atoms with E-state index in [4.69, 9.17) is 14.2 Å². The Kier molecular flexibility index (Phi) is 8.50. The van der Waals surface area contributed by atoms with Gasteiger partial charge in [-0.3, -0.25) is 4.79 Å². The van der Waals surface area contributed by atoms with E-state index in [1.165, 1.54) is 13.2 Å². The number of carbonyl (C=O) groups is 2. The number of aryl methyl sites for hydroxylation is 1. The molecule has 0 radical (unpaired) electrons. The standard InChI is InChI=1S/C23H25NO6/c1-5-12-29-20-10-6-17(14-21(20)27-3)7-11-22(25)24-19-9-8-18(13-16(19)2)30-15-23(26)28-4/h5-11,13-14H,1,12,15H2,2-4H3,(H,24,25). The lowest BCUT2D eigenvalue weighted by atomic mass is 10.1. The van der Waals surface area contributed by atoms with Gasteiger partial charge in [0.2, 0.25) is 5.91 Å². The zero-order chi connectivity index (χ0) is 21.9. The van der Waals surface area contributed by atoms with Crippen LogP contribution in [0, 0.1) is 6.92 Å². The van der Waals surface area contributed by atoms with Crippen LogP contribution in [0.5, 0.6) is 17.2 Å². The van der Waals surface area contributed by atoms with Crippen molar-refractivity contribution in [3.63, 3.8) is 0 Å². The lowest BCUT2D eigenvalue weighted by molar-refractivity contribution is -0.142. The van der Waals surface area contributed by atoms with Gasteiger partial charge in [-0.15, -0.1) is 0 Å². The minimum Gasteiger partial charge on any atom is -0.493 e. The second-order valence-electron chi connectivity index (χ2n) is 6.17. The molecule has 2 rings (SSSR count). The molecule has 7 heteroatoms. The van der Waals surface area contributed by atoms with Crippen molar-refractivity contribution in [2.45, 2.75) is 6.92 Å². The average molecular weight is 411 g/mol. The number of nitrogens with one attached hydrogen (secondary N) is 1. The van der Waals surface area contributed by atoms with Gasteiger partial charge in [-0.05, 0) is 54.5 Å². The van der Waals surface area contributed by atoms with Crippen LogP contribution in [0.3, 0.4) is 0 Å². The molecule has 0 bridgehead atoms. The summed E-state index contributed by atoms with van der Waals surface area (Å²) in [6, 6.07) is 10.5. The first-order chi connectivity index (χ1) is 14.5. The number of hydrogen-bond donors (Lipinski definition) is 1. The lowest BCUT2D eigenvalue weighted by Crippen LogP contribution is -2.13. The summed E-state index contributed by atoms with van der Waals surface area (Å²) in [5, 5.41) is 2.81. The molecular formula is C23H25NO6. The van der Waals surface area contributed by atoms with Gasteiger partial charge in [0.15, 0.2) is 18.1 Å². The maximum atomic E-state index is 12.3. The van der Waals surface area contributed by atoms with E-state index in [-0.39, 0.29) is 12.5 Å². The molecule has 7 nitrogen and oxygen atoms in total. The van der Waals surface area contributed by atoms with Crippen LogP contribution in [-0.2, 0) is 14.3 Å². The highest BCUT2D eigenvalue weighted by molar-refractivity contribution is 6.02.